The molecular formula is C13H21N3O. The molecule has 17 heavy (non-hydrogen) atoms. The van der Waals surface area contributed by atoms with E-state index in [0.717, 1.165) is 52.1 Å². The minimum Gasteiger partial charge on any atom is -0.340 e. The van der Waals surface area contributed by atoms with Crippen molar-refractivity contribution in [3.05, 3.63) is 0 Å². The van der Waals surface area contributed by atoms with Crippen LogP contribution in [-0.2, 0) is 4.79 Å². The first kappa shape index (κ1) is 12.4. The fourth-order valence-corrected chi connectivity index (χ4v) is 2.58. The number of nitrogens with one attached hydrogen (secondary N) is 1. The maximum atomic E-state index is 12.2. The number of amides is 1. The van der Waals surface area contributed by atoms with Gasteiger partial charge in [0.05, 0.1) is 12.5 Å². The van der Waals surface area contributed by atoms with Gasteiger partial charge in [-0.25, -0.2) is 0 Å². The summed E-state index contributed by atoms with van der Waals surface area (Å²) in [7, 11) is 0. The third kappa shape index (κ3) is 3.21. The summed E-state index contributed by atoms with van der Waals surface area (Å²) in [6, 6.07) is 0. The van der Waals surface area contributed by atoms with Gasteiger partial charge in [-0.15, -0.1) is 6.42 Å². The van der Waals surface area contributed by atoms with Gasteiger partial charge in [-0.1, -0.05) is 5.92 Å². The number of piperidine rings is 1. The van der Waals surface area contributed by atoms with Crippen molar-refractivity contribution >= 4 is 5.91 Å². The molecule has 0 unspecified atom stereocenters. The van der Waals surface area contributed by atoms with E-state index in [9.17, 15) is 4.79 Å². The van der Waals surface area contributed by atoms with E-state index in [1.54, 1.807) is 0 Å². The monoisotopic (exact) mass is 235 g/mol. The molecule has 1 N–H and O–H groups in total. The summed E-state index contributed by atoms with van der Waals surface area (Å²) in [6.45, 7) is 6.09. The molecule has 1 atom stereocenters. The maximum Gasteiger partial charge on any atom is 0.227 e. The molecule has 2 heterocycles. The van der Waals surface area contributed by atoms with Crippen molar-refractivity contribution in [2.45, 2.75) is 12.8 Å². The number of piperazine rings is 1. The number of nitrogens with zero attached hydrogens (tertiary/aromatic N) is 2. The number of carbonyl (C=O) groups is 1. The average molecular weight is 235 g/mol. The van der Waals surface area contributed by atoms with Gasteiger partial charge in [0.15, 0.2) is 0 Å². The smallest absolute Gasteiger partial charge is 0.227 e. The zero-order valence-electron chi connectivity index (χ0n) is 10.3. The van der Waals surface area contributed by atoms with Crippen LogP contribution in [0.15, 0.2) is 0 Å². The minimum atomic E-state index is 0.197. The molecule has 0 bridgehead atoms. The minimum absolute atomic E-state index is 0.197. The number of hydrogen-bond acceptors (Lipinski definition) is 3. The zero-order valence-corrected chi connectivity index (χ0v) is 10.3. The first-order valence-corrected chi connectivity index (χ1v) is 6.46. The lowest BCUT2D eigenvalue weighted by atomic mass is 9.98. The van der Waals surface area contributed by atoms with Crippen molar-refractivity contribution in [3.8, 4) is 12.3 Å². The van der Waals surface area contributed by atoms with Crippen LogP contribution in [0.3, 0.4) is 0 Å². The van der Waals surface area contributed by atoms with E-state index in [1.807, 2.05) is 4.90 Å². The Morgan fingerprint density at radius 2 is 2.12 bits per heavy atom. The van der Waals surface area contributed by atoms with E-state index in [0.29, 0.717) is 12.5 Å². The van der Waals surface area contributed by atoms with Crippen molar-refractivity contribution in [1.29, 1.82) is 0 Å². The van der Waals surface area contributed by atoms with Gasteiger partial charge in [-0.3, -0.25) is 9.69 Å². The molecule has 4 nitrogen and oxygen atoms in total. The molecule has 1 amide bonds. The van der Waals surface area contributed by atoms with E-state index in [4.69, 9.17) is 6.42 Å². The molecule has 2 rings (SSSR count). The molecule has 2 aliphatic rings. The molecule has 0 saturated carbocycles. The Bertz CT molecular complexity index is 296. The number of rotatable bonds is 2. The fraction of sp³-hybridized carbons (Fsp3) is 0.769. The average Bonchev–Trinajstić information content (AvgIpc) is 2.40. The van der Waals surface area contributed by atoms with Crippen LogP contribution in [0.5, 0.6) is 0 Å². The third-order valence-electron chi connectivity index (χ3n) is 3.64. The highest BCUT2D eigenvalue weighted by atomic mass is 16.2. The van der Waals surface area contributed by atoms with E-state index in [1.165, 1.54) is 0 Å². The molecule has 0 aromatic rings. The molecule has 0 spiro atoms. The molecule has 2 fully saturated rings. The van der Waals surface area contributed by atoms with E-state index in [-0.39, 0.29) is 5.92 Å². The van der Waals surface area contributed by atoms with Crippen molar-refractivity contribution in [1.82, 2.24) is 15.1 Å². The van der Waals surface area contributed by atoms with Gasteiger partial charge in [-0.05, 0) is 19.4 Å². The zero-order chi connectivity index (χ0) is 12.1. The Kier molecular flexibility index (Phi) is 4.41. The molecule has 0 aliphatic carbocycles. The van der Waals surface area contributed by atoms with E-state index in [2.05, 4.69) is 16.1 Å². The highest BCUT2D eigenvalue weighted by molar-refractivity contribution is 5.79. The summed E-state index contributed by atoms with van der Waals surface area (Å²) in [5.74, 6) is 3.19. The summed E-state index contributed by atoms with van der Waals surface area (Å²) in [6.07, 6.45) is 7.45. The summed E-state index contributed by atoms with van der Waals surface area (Å²) in [5, 5.41) is 3.30. The molecule has 0 radical (unpaired) electrons. The van der Waals surface area contributed by atoms with Crippen molar-refractivity contribution in [3.63, 3.8) is 0 Å². The van der Waals surface area contributed by atoms with Crippen LogP contribution >= 0.6 is 0 Å². The Labute approximate surface area is 103 Å². The standard InChI is InChI=1S/C13H21N3O/c1-2-6-15-7-9-16(10-8-15)13(17)12-4-3-5-14-11-12/h1,12,14H,3-11H2/t12-/m0/s1. The molecular weight excluding hydrogens is 214 g/mol. The van der Waals surface area contributed by atoms with Gasteiger partial charge in [0.25, 0.3) is 0 Å². The third-order valence-corrected chi connectivity index (χ3v) is 3.64. The van der Waals surface area contributed by atoms with Gasteiger partial charge in [0.2, 0.25) is 5.91 Å². The van der Waals surface area contributed by atoms with Crippen molar-refractivity contribution in [2.24, 2.45) is 5.92 Å². The summed E-state index contributed by atoms with van der Waals surface area (Å²) in [4.78, 5) is 16.5. The fourth-order valence-electron chi connectivity index (χ4n) is 2.58. The predicted molar refractivity (Wildman–Crippen MR) is 67.4 cm³/mol. The number of carbonyl (C=O) groups excluding carboxylic acids is 1. The van der Waals surface area contributed by atoms with Crippen LogP contribution in [0.25, 0.3) is 0 Å². The van der Waals surface area contributed by atoms with Gasteiger partial charge in [0, 0.05) is 32.7 Å². The first-order valence-electron chi connectivity index (χ1n) is 6.46. The molecule has 2 aliphatic heterocycles. The van der Waals surface area contributed by atoms with Crippen LogP contribution < -0.4 is 5.32 Å². The lowest BCUT2D eigenvalue weighted by Crippen LogP contribution is -2.52. The quantitative estimate of drug-likeness (QED) is 0.671. The van der Waals surface area contributed by atoms with Crippen LogP contribution in [0.2, 0.25) is 0 Å². The Hall–Kier alpha value is -1.05. The van der Waals surface area contributed by atoms with Gasteiger partial charge in [0.1, 0.15) is 0 Å². The number of terminal acetylenes is 1. The number of hydrogen-bond donors (Lipinski definition) is 1. The Morgan fingerprint density at radius 3 is 2.71 bits per heavy atom. The van der Waals surface area contributed by atoms with Gasteiger partial charge < -0.3 is 10.2 Å². The molecule has 4 heteroatoms. The molecule has 94 valence electrons. The Balaban J connectivity index is 1.79. The summed E-state index contributed by atoms with van der Waals surface area (Å²) >= 11 is 0. The summed E-state index contributed by atoms with van der Waals surface area (Å²) < 4.78 is 0. The second-order valence-electron chi connectivity index (χ2n) is 4.85. The normalized spacial score (nSPS) is 26.5. The van der Waals surface area contributed by atoms with Crippen LogP contribution in [0.4, 0.5) is 0 Å². The van der Waals surface area contributed by atoms with Crippen LogP contribution in [0.1, 0.15) is 12.8 Å². The van der Waals surface area contributed by atoms with Gasteiger partial charge >= 0.3 is 0 Å². The lowest BCUT2D eigenvalue weighted by Gasteiger charge is -2.36. The van der Waals surface area contributed by atoms with E-state index >= 15 is 0 Å². The summed E-state index contributed by atoms with van der Waals surface area (Å²) in [5.41, 5.74) is 0. The van der Waals surface area contributed by atoms with Crippen LogP contribution in [0, 0.1) is 18.3 Å². The second-order valence-corrected chi connectivity index (χ2v) is 4.85. The molecule has 0 aromatic carbocycles. The topological polar surface area (TPSA) is 35.6 Å². The van der Waals surface area contributed by atoms with E-state index < -0.39 is 0 Å². The second kappa shape index (κ2) is 6.04. The molecule has 0 aromatic heterocycles. The maximum absolute atomic E-state index is 12.2. The SMILES string of the molecule is C#CCN1CCN(C(=O)[C@H]2CCCNC2)CC1. The highest BCUT2D eigenvalue weighted by Gasteiger charge is 2.27. The van der Waals surface area contributed by atoms with Gasteiger partial charge in [-0.2, -0.15) is 0 Å². The van der Waals surface area contributed by atoms with Crippen LogP contribution in [-0.4, -0.2) is 61.5 Å². The first-order chi connectivity index (χ1) is 8.31. The highest BCUT2D eigenvalue weighted by Crippen LogP contribution is 2.14. The predicted octanol–water partition coefficient (Wildman–Crippen LogP) is -0.237. The van der Waals surface area contributed by atoms with Crippen molar-refractivity contribution in [2.75, 3.05) is 45.8 Å². The van der Waals surface area contributed by atoms with Crippen molar-refractivity contribution < 1.29 is 4.79 Å². The largest absolute Gasteiger partial charge is 0.340 e. The molecule has 2 saturated heterocycles. The lowest BCUT2D eigenvalue weighted by molar-refractivity contribution is -0.137. The Morgan fingerprint density at radius 1 is 1.35 bits per heavy atom.